The summed E-state index contributed by atoms with van der Waals surface area (Å²) in [5.74, 6) is -0.101. The number of benzene rings is 1. The molecule has 0 bridgehead atoms. The van der Waals surface area contributed by atoms with Gasteiger partial charge in [0.05, 0.1) is 12.2 Å². The maximum Gasteiger partial charge on any atom is 0.338 e. The number of phenols is 1. The molecular formula is C12H16O3. The predicted molar refractivity (Wildman–Crippen MR) is 58.1 cm³/mol. The number of esters is 1. The molecule has 1 aromatic carbocycles. The van der Waals surface area contributed by atoms with Crippen LogP contribution < -0.4 is 0 Å². The SMILES string of the molecule is CCCOC(=O)c1ccc(O)c(CC)c1. The number of ether oxygens (including phenoxy) is 1. The standard InChI is InChI=1S/C12H16O3/c1-3-7-15-12(14)10-5-6-11(13)9(4-2)8-10/h5-6,8,13H,3-4,7H2,1-2H3. The van der Waals surface area contributed by atoms with Crippen molar-refractivity contribution in [3.05, 3.63) is 29.3 Å². The average Bonchev–Trinajstić information content (AvgIpc) is 2.26. The lowest BCUT2D eigenvalue weighted by Crippen LogP contribution is -2.06. The van der Waals surface area contributed by atoms with Crippen molar-refractivity contribution < 1.29 is 14.6 Å². The number of aromatic hydroxyl groups is 1. The zero-order valence-electron chi connectivity index (χ0n) is 9.12. The van der Waals surface area contributed by atoms with Gasteiger partial charge in [0.25, 0.3) is 0 Å². The summed E-state index contributed by atoms with van der Waals surface area (Å²) in [6.07, 6.45) is 1.51. The fourth-order valence-electron chi connectivity index (χ4n) is 1.27. The van der Waals surface area contributed by atoms with E-state index in [4.69, 9.17) is 4.74 Å². The molecule has 1 N–H and O–H groups in total. The number of carbonyl (C=O) groups excluding carboxylic acids is 1. The average molecular weight is 208 g/mol. The molecule has 0 unspecified atom stereocenters. The van der Waals surface area contributed by atoms with Gasteiger partial charge in [-0.25, -0.2) is 4.79 Å². The zero-order chi connectivity index (χ0) is 11.3. The lowest BCUT2D eigenvalue weighted by atomic mass is 10.1. The Kier molecular flexibility index (Phi) is 4.16. The molecule has 0 aromatic heterocycles. The van der Waals surface area contributed by atoms with E-state index in [9.17, 15) is 9.90 Å². The van der Waals surface area contributed by atoms with Crippen LogP contribution in [0.5, 0.6) is 5.75 Å². The van der Waals surface area contributed by atoms with E-state index in [1.54, 1.807) is 12.1 Å². The van der Waals surface area contributed by atoms with Gasteiger partial charge in [-0.3, -0.25) is 0 Å². The molecule has 1 aromatic rings. The molecule has 0 amide bonds. The fraction of sp³-hybridized carbons (Fsp3) is 0.417. The van der Waals surface area contributed by atoms with Crippen LogP contribution in [0.2, 0.25) is 0 Å². The van der Waals surface area contributed by atoms with Gasteiger partial charge in [0, 0.05) is 0 Å². The molecule has 0 spiro atoms. The summed E-state index contributed by atoms with van der Waals surface area (Å²) in [6.45, 7) is 4.30. The molecule has 0 radical (unpaired) electrons. The van der Waals surface area contributed by atoms with Gasteiger partial charge in [-0.1, -0.05) is 13.8 Å². The van der Waals surface area contributed by atoms with E-state index in [2.05, 4.69) is 0 Å². The van der Waals surface area contributed by atoms with Gasteiger partial charge in [0.2, 0.25) is 0 Å². The first kappa shape index (κ1) is 11.6. The third-order valence-corrected chi connectivity index (χ3v) is 2.13. The molecular weight excluding hydrogens is 192 g/mol. The van der Waals surface area contributed by atoms with Crippen LogP contribution in [0.1, 0.15) is 36.2 Å². The van der Waals surface area contributed by atoms with E-state index >= 15 is 0 Å². The predicted octanol–water partition coefficient (Wildman–Crippen LogP) is 2.52. The summed E-state index contributed by atoms with van der Waals surface area (Å²) in [5, 5.41) is 9.44. The van der Waals surface area contributed by atoms with Gasteiger partial charge in [-0.05, 0) is 36.6 Å². The minimum absolute atomic E-state index is 0.226. The van der Waals surface area contributed by atoms with Gasteiger partial charge >= 0.3 is 5.97 Å². The molecule has 0 aliphatic carbocycles. The van der Waals surface area contributed by atoms with Crippen LogP contribution in [0.4, 0.5) is 0 Å². The van der Waals surface area contributed by atoms with E-state index in [-0.39, 0.29) is 11.7 Å². The quantitative estimate of drug-likeness (QED) is 0.773. The van der Waals surface area contributed by atoms with Crippen molar-refractivity contribution in [2.24, 2.45) is 0 Å². The second kappa shape index (κ2) is 5.39. The number of hydrogen-bond acceptors (Lipinski definition) is 3. The van der Waals surface area contributed by atoms with Crippen LogP contribution in [-0.2, 0) is 11.2 Å². The fourth-order valence-corrected chi connectivity index (χ4v) is 1.27. The third kappa shape index (κ3) is 2.98. The molecule has 0 fully saturated rings. The Morgan fingerprint density at radius 3 is 2.73 bits per heavy atom. The van der Waals surface area contributed by atoms with E-state index in [1.165, 1.54) is 6.07 Å². The van der Waals surface area contributed by atoms with Gasteiger partial charge in [-0.15, -0.1) is 0 Å². The normalized spacial score (nSPS) is 10.0. The van der Waals surface area contributed by atoms with Crippen LogP contribution in [0.15, 0.2) is 18.2 Å². The van der Waals surface area contributed by atoms with Gasteiger partial charge in [-0.2, -0.15) is 0 Å². The van der Waals surface area contributed by atoms with Crippen molar-refractivity contribution in [3.8, 4) is 5.75 Å². The van der Waals surface area contributed by atoms with Crippen molar-refractivity contribution in [2.75, 3.05) is 6.61 Å². The molecule has 0 saturated heterocycles. The summed E-state index contributed by atoms with van der Waals surface area (Å²) in [4.78, 5) is 11.5. The molecule has 3 heteroatoms. The number of phenolic OH excluding ortho intramolecular Hbond substituents is 1. The van der Waals surface area contributed by atoms with E-state index in [0.29, 0.717) is 18.6 Å². The van der Waals surface area contributed by atoms with Crippen molar-refractivity contribution in [3.63, 3.8) is 0 Å². The second-order valence-corrected chi connectivity index (χ2v) is 3.33. The van der Waals surface area contributed by atoms with Crippen molar-refractivity contribution in [2.45, 2.75) is 26.7 Å². The maximum absolute atomic E-state index is 11.5. The second-order valence-electron chi connectivity index (χ2n) is 3.33. The third-order valence-electron chi connectivity index (χ3n) is 2.13. The van der Waals surface area contributed by atoms with Crippen molar-refractivity contribution in [1.82, 2.24) is 0 Å². The number of hydrogen-bond donors (Lipinski definition) is 1. The molecule has 3 nitrogen and oxygen atoms in total. The van der Waals surface area contributed by atoms with Crippen LogP contribution in [0, 0.1) is 0 Å². The summed E-state index contributed by atoms with van der Waals surface area (Å²) in [7, 11) is 0. The molecule has 15 heavy (non-hydrogen) atoms. The van der Waals surface area contributed by atoms with E-state index in [0.717, 1.165) is 12.0 Å². The highest BCUT2D eigenvalue weighted by molar-refractivity contribution is 5.89. The minimum atomic E-state index is -0.327. The maximum atomic E-state index is 11.5. The Labute approximate surface area is 89.7 Å². The molecule has 0 aliphatic rings. The zero-order valence-corrected chi connectivity index (χ0v) is 9.12. The molecule has 0 aliphatic heterocycles. The number of aryl methyl sites for hydroxylation is 1. The minimum Gasteiger partial charge on any atom is -0.508 e. The van der Waals surface area contributed by atoms with Gasteiger partial charge in [0.15, 0.2) is 0 Å². The van der Waals surface area contributed by atoms with E-state index in [1.807, 2.05) is 13.8 Å². The Morgan fingerprint density at radius 2 is 2.13 bits per heavy atom. The van der Waals surface area contributed by atoms with Crippen LogP contribution in [0.25, 0.3) is 0 Å². The lowest BCUT2D eigenvalue weighted by molar-refractivity contribution is 0.0505. The molecule has 0 heterocycles. The number of carbonyl (C=O) groups is 1. The summed E-state index contributed by atoms with van der Waals surface area (Å²) in [6, 6.07) is 4.78. The Morgan fingerprint density at radius 1 is 1.40 bits per heavy atom. The van der Waals surface area contributed by atoms with Crippen molar-refractivity contribution >= 4 is 5.97 Å². The molecule has 82 valence electrons. The highest BCUT2D eigenvalue weighted by Crippen LogP contribution is 2.19. The topological polar surface area (TPSA) is 46.5 Å². The summed E-state index contributed by atoms with van der Waals surface area (Å²) < 4.78 is 5.00. The first-order chi connectivity index (χ1) is 7.19. The molecule has 1 rings (SSSR count). The van der Waals surface area contributed by atoms with Crippen LogP contribution >= 0.6 is 0 Å². The summed E-state index contributed by atoms with van der Waals surface area (Å²) in [5.41, 5.74) is 1.26. The highest BCUT2D eigenvalue weighted by atomic mass is 16.5. The van der Waals surface area contributed by atoms with E-state index < -0.39 is 0 Å². The van der Waals surface area contributed by atoms with Crippen LogP contribution in [-0.4, -0.2) is 17.7 Å². The molecule has 0 atom stereocenters. The Bertz CT molecular complexity index is 345. The largest absolute Gasteiger partial charge is 0.508 e. The van der Waals surface area contributed by atoms with Crippen LogP contribution in [0.3, 0.4) is 0 Å². The van der Waals surface area contributed by atoms with Gasteiger partial charge in [0.1, 0.15) is 5.75 Å². The first-order valence-corrected chi connectivity index (χ1v) is 5.18. The Balaban J connectivity index is 2.81. The Hall–Kier alpha value is -1.51. The van der Waals surface area contributed by atoms with Crippen molar-refractivity contribution in [1.29, 1.82) is 0 Å². The smallest absolute Gasteiger partial charge is 0.338 e. The summed E-state index contributed by atoms with van der Waals surface area (Å²) >= 11 is 0. The highest BCUT2D eigenvalue weighted by Gasteiger charge is 2.09. The first-order valence-electron chi connectivity index (χ1n) is 5.18. The lowest BCUT2D eigenvalue weighted by Gasteiger charge is -2.06. The van der Waals surface area contributed by atoms with Gasteiger partial charge < -0.3 is 9.84 Å². The number of rotatable bonds is 4. The molecule has 0 saturated carbocycles. The monoisotopic (exact) mass is 208 g/mol.